The van der Waals surface area contributed by atoms with Gasteiger partial charge in [-0.05, 0) is 24.6 Å². The van der Waals surface area contributed by atoms with Gasteiger partial charge in [-0.25, -0.2) is 0 Å². The van der Waals surface area contributed by atoms with Crippen LogP contribution in [0.15, 0.2) is 24.3 Å². The monoisotopic (exact) mass is 234 g/mol. The van der Waals surface area contributed by atoms with E-state index >= 15 is 0 Å². The average Bonchev–Trinajstić information content (AvgIpc) is 2.32. The van der Waals surface area contributed by atoms with Gasteiger partial charge in [-0.2, -0.15) is 0 Å². The highest BCUT2D eigenvalue weighted by atomic mass is 16.5. The van der Waals surface area contributed by atoms with Crippen LogP contribution in [0.1, 0.15) is 23.7 Å². The predicted molar refractivity (Wildman–Crippen MR) is 66.1 cm³/mol. The first-order chi connectivity index (χ1) is 8.20. The zero-order valence-corrected chi connectivity index (χ0v) is 10.1. The highest BCUT2D eigenvalue weighted by molar-refractivity contribution is 5.95. The second kappa shape index (κ2) is 5.19. The first kappa shape index (κ1) is 11.9. The zero-order valence-electron chi connectivity index (χ0n) is 10.1. The van der Waals surface area contributed by atoms with E-state index in [0.717, 1.165) is 12.2 Å². The van der Waals surface area contributed by atoms with E-state index in [0.29, 0.717) is 25.3 Å². The molecule has 4 nitrogen and oxygen atoms in total. The van der Waals surface area contributed by atoms with Crippen molar-refractivity contribution in [1.29, 1.82) is 0 Å². The number of nitrogens with two attached hydrogens (primary N) is 1. The lowest BCUT2D eigenvalue weighted by Gasteiger charge is -2.36. The molecular weight excluding hydrogens is 216 g/mol. The maximum Gasteiger partial charge on any atom is 0.254 e. The lowest BCUT2D eigenvalue weighted by atomic mass is 10.1. The molecule has 2 N–H and O–H groups in total. The van der Waals surface area contributed by atoms with Crippen LogP contribution in [0.3, 0.4) is 0 Å². The van der Waals surface area contributed by atoms with Gasteiger partial charge in [0.05, 0.1) is 6.61 Å². The molecule has 1 aliphatic rings. The summed E-state index contributed by atoms with van der Waals surface area (Å²) in [6.45, 7) is 4.03. The SMILES string of the molecule is CCCOc1cccc(C(=O)N2CC(N)C2)c1. The van der Waals surface area contributed by atoms with Crippen molar-refractivity contribution < 1.29 is 9.53 Å². The van der Waals surface area contributed by atoms with Crippen LogP contribution < -0.4 is 10.5 Å². The van der Waals surface area contributed by atoms with Crippen LogP contribution in [0.25, 0.3) is 0 Å². The van der Waals surface area contributed by atoms with Crippen LogP contribution >= 0.6 is 0 Å². The number of carbonyl (C=O) groups excluding carboxylic acids is 1. The average molecular weight is 234 g/mol. The Bertz CT molecular complexity index is 400. The minimum absolute atomic E-state index is 0.0358. The first-order valence-electron chi connectivity index (χ1n) is 5.98. The van der Waals surface area contributed by atoms with E-state index in [4.69, 9.17) is 10.5 Å². The number of amides is 1. The van der Waals surface area contributed by atoms with Crippen molar-refractivity contribution in [3.8, 4) is 5.75 Å². The molecule has 1 aromatic rings. The molecule has 1 heterocycles. The van der Waals surface area contributed by atoms with Crippen molar-refractivity contribution in [2.45, 2.75) is 19.4 Å². The Balaban J connectivity index is 2.02. The molecular formula is C13H18N2O2. The predicted octanol–water partition coefficient (Wildman–Crippen LogP) is 1.26. The van der Waals surface area contributed by atoms with Crippen LogP contribution in [0, 0.1) is 0 Å². The Hall–Kier alpha value is -1.55. The van der Waals surface area contributed by atoms with Gasteiger partial charge >= 0.3 is 0 Å². The summed E-state index contributed by atoms with van der Waals surface area (Å²) in [5, 5.41) is 0. The molecule has 4 heteroatoms. The molecule has 1 aliphatic heterocycles. The number of benzene rings is 1. The summed E-state index contributed by atoms with van der Waals surface area (Å²) in [7, 11) is 0. The minimum atomic E-state index is 0.0358. The molecule has 17 heavy (non-hydrogen) atoms. The number of nitrogens with zero attached hydrogens (tertiary/aromatic N) is 1. The van der Waals surface area contributed by atoms with E-state index < -0.39 is 0 Å². The molecule has 0 saturated carbocycles. The van der Waals surface area contributed by atoms with E-state index in [1.165, 1.54) is 0 Å². The summed E-state index contributed by atoms with van der Waals surface area (Å²) < 4.78 is 5.50. The van der Waals surface area contributed by atoms with E-state index in [1.807, 2.05) is 18.2 Å². The normalized spacial score (nSPS) is 15.5. The molecule has 2 rings (SSSR count). The highest BCUT2D eigenvalue weighted by Gasteiger charge is 2.28. The van der Waals surface area contributed by atoms with Gasteiger partial charge in [0.1, 0.15) is 5.75 Å². The van der Waals surface area contributed by atoms with Crippen LogP contribution in [-0.2, 0) is 0 Å². The quantitative estimate of drug-likeness (QED) is 0.853. The molecule has 1 amide bonds. The maximum atomic E-state index is 12.0. The summed E-state index contributed by atoms with van der Waals surface area (Å²) in [6, 6.07) is 7.46. The van der Waals surface area contributed by atoms with Crippen molar-refractivity contribution >= 4 is 5.91 Å². The van der Waals surface area contributed by atoms with Gasteiger partial charge in [-0.3, -0.25) is 4.79 Å². The maximum absolute atomic E-state index is 12.0. The van der Waals surface area contributed by atoms with Crippen LogP contribution in [0.4, 0.5) is 0 Å². The zero-order chi connectivity index (χ0) is 12.3. The Labute approximate surface area is 101 Å². The van der Waals surface area contributed by atoms with Crippen molar-refractivity contribution in [1.82, 2.24) is 4.90 Å². The van der Waals surface area contributed by atoms with Gasteiger partial charge < -0.3 is 15.4 Å². The fraction of sp³-hybridized carbons (Fsp3) is 0.462. The summed E-state index contributed by atoms with van der Waals surface area (Å²) in [6.07, 6.45) is 0.957. The van der Waals surface area contributed by atoms with Gasteiger partial charge in [-0.15, -0.1) is 0 Å². The molecule has 0 aromatic heterocycles. The molecule has 0 spiro atoms. The van der Waals surface area contributed by atoms with Crippen LogP contribution in [-0.4, -0.2) is 36.5 Å². The lowest BCUT2D eigenvalue weighted by molar-refractivity contribution is 0.0607. The van der Waals surface area contributed by atoms with Crippen molar-refractivity contribution in [2.24, 2.45) is 5.73 Å². The third kappa shape index (κ3) is 2.77. The lowest BCUT2D eigenvalue weighted by Crippen LogP contribution is -2.57. The summed E-state index contributed by atoms with van der Waals surface area (Å²) >= 11 is 0. The van der Waals surface area contributed by atoms with Crippen LogP contribution in [0.5, 0.6) is 5.75 Å². The number of ether oxygens (including phenoxy) is 1. The molecule has 0 radical (unpaired) electrons. The number of rotatable bonds is 4. The van der Waals surface area contributed by atoms with Crippen molar-refractivity contribution in [3.05, 3.63) is 29.8 Å². The van der Waals surface area contributed by atoms with Gasteiger partial charge in [0.15, 0.2) is 0 Å². The summed E-state index contributed by atoms with van der Waals surface area (Å²) in [5.41, 5.74) is 6.33. The van der Waals surface area contributed by atoms with Gasteiger partial charge in [0.2, 0.25) is 0 Å². The highest BCUT2D eigenvalue weighted by Crippen LogP contribution is 2.17. The number of carbonyl (C=O) groups is 1. The Kier molecular flexibility index (Phi) is 3.64. The largest absolute Gasteiger partial charge is 0.494 e. The molecule has 0 aliphatic carbocycles. The standard InChI is InChI=1S/C13H18N2O2/c1-2-6-17-12-5-3-4-10(7-12)13(16)15-8-11(14)9-15/h3-5,7,11H,2,6,8-9,14H2,1H3. The van der Waals surface area contributed by atoms with Gasteiger partial charge in [0, 0.05) is 24.7 Å². The van der Waals surface area contributed by atoms with Gasteiger partial charge in [0.25, 0.3) is 5.91 Å². The minimum Gasteiger partial charge on any atom is -0.494 e. The van der Waals surface area contributed by atoms with Crippen molar-refractivity contribution in [3.63, 3.8) is 0 Å². The fourth-order valence-corrected chi connectivity index (χ4v) is 1.80. The molecule has 92 valence electrons. The smallest absolute Gasteiger partial charge is 0.254 e. The van der Waals surface area contributed by atoms with Crippen LogP contribution in [0.2, 0.25) is 0 Å². The molecule has 1 saturated heterocycles. The summed E-state index contributed by atoms with van der Waals surface area (Å²) in [5.74, 6) is 0.788. The Morgan fingerprint density at radius 3 is 2.94 bits per heavy atom. The van der Waals surface area contributed by atoms with Crippen molar-refractivity contribution in [2.75, 3.05) is 19.7 Å². The third-order valence-corrected chi connectivity index (χ3v) is 2.75. The second-order valence-corrected chi connectivity index (χ2v) is 4.35. The second-order valence-electron chi connectivity index (χ2n) is 4.35. The fourth-order valence-electron chi connectivity index (χ4n) is 1.80. The number of hydrogen-bond donors (Lipinski definition) is 1. The number of hydrogen-bond acceptors (Lipinski definition) is 3. The molecule has 0 bridgehead atoms. The van der Waals surface area contributed by atoms with E-state index in [2.05, 4.69) is 6.92 Å². The topological polar surface area (TPSA) is 55.6 Å². The Morgan fingerprint density at radius 2 is 2.29 bits per heavy atom. The summed E-state index contributed by atoms with van der Waals surface area (Å²) in [4.78, 5) is 13.8. The van der Waals surface area contributed by atoms with E-state index in [1.54, 1.807) is 11.0 Å². The Morgan fingerprint density at radius 1 is 1.53 bits per heavy atom. The molecule has 0 atom stereocenters. The molecule has 1 aromatic carbocycles. The third-order valence-electron chi connectivity index (χ3n) is 2.75. The van der Waals surface area contributed by atoms with E-state index in [9.17, 15) is 4.79 Å². The number of likely N-dealkylation sites (tertiary alicyclic amines) is 1. The molecule has 0 unspecified atom stereocenters. The molecule has 1 fully saturated rings. The van der Waals surface area contributed by atoms with Gasteiger partial charge in [-0.1, -0.05) is 13.0 Å². The van der Waals surface area contributed by atoms with E-state index in [-0.39, 0.29) is 11.9 Å². The first-order valence-corrected chi connectivity index (χ1v) is 5.98.